The lowest BCUT2D eigenvalue weighted by Gasteiger charge is -2.37. The number of hydrogen-bond acceptors (Lipinski definition) is 7. The SMILES string of the molecule is CCOc1ccc([C@@H](c2sc3nc(C)nn3c2O)N2CCN(C)CC2)cc1. The summed E-state index contributed by atoms with van der Waals surface area (Å²) >= 11 is 1.51. The van der Waals surface area contributed by atoms with E-state index in [1.165, 1.54) is 11.3 Å². The lowest BCUT2D eigenvalue weighted by atomic mass is 10.0. The first-order valence-corrected chi connectivity index (χ1v) is 10.1. The zero-order chi connectivity index (χ0) is 19.0. The number of rotatable bonds is 5. The van der Waals surface area contributed by atoms with Crippen LogP contribution in [-0.4, -0.2) is 69.3 Å². The van der Waals surface area contributed by atoms with E-state index in [0.29, 0.717) is 12.4 Å². The minimum atomic E-state index is -0.0248. The van der Waals surface area contributed by atoms with Crippen LogP contribution in [0.15, 0.2) is 24.3 Å². The Hall–Kier alpha value is -2.16. The Kier molecular flexibility index (Phi) is 5.03. The van der Waals surface area contributed by atoms with Gasteiger partial charge in [-0.15, -0.1) is 5.10 Å². The molecule has 1 aliphatic heterocycles. The van der Waals surface area contributed by atoms with Gasteiger partial charge in [-0.25, -0.2) is 4.98 Å². The zero-order valence-corrected chi connectivity index (χ0v) is 16.7. The van der Waals surface area contributed by atoms with Crippen LogP contribution in [0.5, 0.6) is 11.6 Å². The van der Waals surface area contributed by atoms with E-state index >= 15 is 0 Å². The maximum absolute atomic E-state index is 10.9. The Morgan fingerprint density at radius 2 is 1.89 bits per heavy atom. The van der Waals surface area contributed by atoms with Crippen LogP contribution in [0, 0.1) is 6.92 Å². The van der Waals surface area contributed by atoms with Crippen LogP contribution in [0.25, 0.3) is 4.96 Å². The molecule has 0 saturated carbocycles. The van der Waals surface area contributed by atoms with Gasteiger partial charge >= 0.3 is 0 Å². The van der Waals surface area contributed by atoms with Crippen molar-refractivity contribution in [2.24, 2.45) is 0 Å². The maximum atomic E-state index is 10.9. The second-order valence-electron chi connectivity index (χ2n) is 6.89. The number of nitrogens with zero attached hydrogens (tertiary/aromatic N) is 5. The Morgan fingerprint density at radius 1 is 1.19 bits per heavy atom. The van der Waals surface area contributed by atoms with Gasteiger partial charge in [0, 0.05) is 26.2 Å². The molecule has 0 amide bonds. The van der Waals surface area contributed by atoms with E-state index in [1.807, 2.05) is 26.0 Å². The largest absolute Gasteiger partial charge is 0.494 e. The summed E-state index contributed by atoms with van der Waals surface area (Å²) in [6.45, 7) is 8.37. The smallest absolute Gasteiger partial charge is 0.230 e. The highest BCUT2D eigenvalue weighted by atomic mass is 32.1. The summed E-state index contributed by atoms with van der Waals surface area (Å²) in [5.41, 5.74) is 1.14. The van der Waals surface area contributed by atoms with Gasteiger partial charge in [0.05, 0.1) is 17.5 Å². The van der Waals surface area contributed by atoms with E-state index in [1.54, 1.807) is 4.52 Å². The highest BCUT2D eigenvalue weighted by Gasteiger charge is 2.31. The van der Waals surface area contributed by atoms with Crippen molar-refractivity contribution in [1.82, 2.24) is 24.4 Å². The maximum Gasteiger partial charge on any atom is 0.230 e. The molecule has 0 aliphatic carbocycles. The van der Waals surface area contributed by atoms with Gasteiger partial charge in [-0.3, -0.25) is 4.90 Å². The minimum Gasteiger partial charge on any atom is -0.494 e. The van der Waals surface area contributed by atoms with Crippen LogP contribution in [0.4, 0.5) is 0 Å². The third-order valence-corrected chi connectivity index (χ3v) is 6.04. The molecule has 0 spiro atoms. The van der Waals surface area contributed by atoms with Crippen molar-refractivity contribution in [3.8, 4) is 11.6 Å². The number of hydrogen-bond donors (Lipinski definition) is 1. The molecule has 1 fully saturated rings. The molecule has 1 saturated heterocycles. The minimum absolute atomic E-state index is 0.0248. The Balaban J connectivity index is 1.74. The molecule has 7 nitrogen and oxygen atoms in total. The van der Waals surface area contributed by atoms with Gasteiger partial charge < -0.3 is 14.7 Å². The summed E-state index contributed by atoms with van der Waals surface area (Å²) in [5, 5.41) is 15.2. The van der Waals surface area contributed by atoms with Gasteiger partial charge in [0.2, 0.25) is 10.8 Å². The third-order valence-electron chi connectivity index (χ3n) is 4.96. The molecule has 1 N–H and O–H groups in total. The van der Waals surface area contributed by atoms with E-state index in [-0.39, 0.29) is 11.9 Å². The molecular weight excluding hydrogens is 362 g/mol. The Bertz CT molecular complexity index is 912. The molecule has 0 radical (unpaired) electrons. The van der Waals surface area contributed by atoms with Crippen LogP contribution in [0.3, 0.4) is 0 Å². The Labute approximate surface area is 162 Å². The lowest BCUT2D eigenvalue weighted by Crippen LogP contribution is -2.46. The second kappa shape index (κ2) is 7.46. The molecule has 1 atom stereocenters. The van der Waals surface area contributed by atoms with Crippen molar-refractivity contribution in [3.05, 3.63) is 40.5 Å². The third kappa shape index (κ3) is 3.52. The highest BCUT2D eigenvalue weighted by Crippen LogP contribution is 2.40. The number of ether oxygens (including phenoxy) is 1. The van der Waals surface area contributed by atoms with Crippen LogP contribution in [0.1, 0.15) is 29.2 Å². The van der Waals surface area contributed by atoms with E-state index in [9.17, 15) is 5.11 Å². The number of fused-ring (bicyclic) bond motifs is 1. The molecule has 3 aromatic rings. The fourth-order valence-corrected chi connectivity index (χ4v) is 4.71. The highest BCUT2D eigenvalue weighted by molar-refractivity contribution is 7.17. The molecule has 4 rings (SSSR count). The van der Waals surface area contributed by atoms with Gasteiger partial charge in [0.15, 0.2) is 0 Å². The van der Waals surface area contributed by atoms with Crippen molar-refractivity contribution in [1.29, 1.82) is 0 Å². The van der Waals surface area contributed by atoms with Crippen LogP contribution in [-0.2, 0) is 0 Å². The predicted octanol–water partition coefficient (Wildman–Crippen LogP) is 2.54. The molecule has 27 heavy (non-hydrogen) atoms. The van der Waals surface area contributed by atoms with Crippen molar-refractivity contribution in [2.45, 2.75) is 19.9 Å². The fraction of sp³-hybridized carbons (Fsp3) is 0.474. The molecule has 0 bridgehead atoms. The number of piperazine rings is 1. The summed E-state index contributed by atoms with van der Waals surface area (Å²) in [4.78, 5) is 10.8. The molecule has 144 valence electrons. The van der Waals surface area contributed by atoms with E-state index in [4.69, 9.17) is 4.74 Å². The number of thiazole rings is 1. The second-order valence-corrected chi connectivity index (χ2v) is 7.90. The summed E-state index contributed by atoms with van der Waals surface area (Å²) in [5.74, 6) is 1.72. The summed E-state index contributed by atoms with van der Waals surface area (Å²) < 4.78 is 7.14. The van der Waals surface area contributed by atoms with Crippen molar-refractivity contribution in [3.63, 3.8) is 0 Å². The van der Waals surface area contributed by atoms with Crippen molar-refractivity contribution < 1.29 is 9.84 Å². The normalized spacial score (nSPS) is 17.4. The Morgan fingerprint density at radius 3 is 2.52 bits per heavy atom. The van der Waals surface area contributed by atoms with Gasteiger partial charge in [-0.2, -0.15) is 4.52 Å². The zero-order valence-electron chi connectivity index (χ0n) is 15.9. The molecule has 1 aliphatic rings. The summed E-state index contributed by atoms with van der Waals surface area (Å²) in [6.07, 6.45) is 0. The van der Waals surface area contributed by atoms with E-state index < -0.39 is 0 Å². The predicted molar refractivity (Wildman–Crippen MR) is 106 cm³/mol. The first-order valence-electron chi connectivity index (χ1n) is 9.27. The standard InChI is InChI=1S/C19H25N5O2S/c1-4-26-15-7-5-14(6-8-15)16(23-11-9-22(3)10-12-23)17-18(25)24-19(27-17)20-13(2)21-24/h5-8,16,25H,4,9-12H2,1-3H3/t16-/m0/s1. The van der Waals surface area contributed by atoms with E-state index in [2.05, 4.69) is 39.1 Å². The topological polar surface area (TPSA) is 66.1 Å². The van der Waals surface area contributed by atoms with Crippen molar-refractivity contribution >= 4 is 16.3 Å². The molecular formula is C19H25N5O2S. The lowest BCUT2D eigenvalue weighted by molar-refractivity contribution is 0.127. The van der Waals surface area contributed by atoms with Gasteiger partial charge in [0.25, 0.3) is 0 Å². The first kappa shape index (κ1) is 18.2. The summed E-state index contributed by atoms with van der Waals surface area (Å²) in [6, 6.07) is 8.16. The quantitative estimate of drug-likeness (QED) is 0.726. The molecule has 2 aromatic heterocycles. The average Bonchev–Trinajstić information content (AvgIpc) is 3.16. The van der Waals surface area contributed by atoms with Crippen LogP contribution in [0.2, 0.25) is 0 Å². The molecule has 0 unspecified atom stereocenters. The number of aromatic hydroxyl groups is 1. The number of aromatic nitrogens is 3. The van der Waals surface area contributed by atoms with Gasteiger partial charge in [-0.05, 0) is 38.6 Å². The monoisotopic (exact) mass is 387 g/mol. The average molecular weight is 388 g/mol. The molecule has 8 heteroatoms. The van der Waals surface area contributed by atoms with E-state index in [0.717, 1.165) is 47.3 Å². The number of aryl methyl sites for hydroxylation is 1. The summed E-state index contributed by atoms with van der Waals surface area (Å²) in [7, 11) is 2.15. The van der Waals surface area contributed by atoms with Gasteiger partial charge in [-0.1, -0.05) is 23.5 Å². The number of likely N-dealkylation sites (N-methyl/N-ethyl adjacent to an activating group) is 1. The van der Waals surface area contributed by atoms with Crippen LogP contribution >= 0.6 is 11.3 Å². The van der Waals surface area contributed by atoms with Crippen molar-refractivity contribution in [2.75, 3.05) is 39.8 Å². The van der Waals surface area contributed by atoms with Crippen LogP contribution < -0.4 is 4.74 Å². The van der Waals surface area contributed by atoms with Gasteiger partial charge in [0.1, 0.15) is 11.6 Å². The molecule has 1 aromatic carbocycles. The number of benzene rings is 1. The molecule has 3 heterocycles. The first-order chi connectivity index (χ1) is 13.1. The fourth-order valence-electron chi connectivity index (χ4n) is 3.55.